The molecular weight excluding hydrogens is 278 g/mol. The van der Waals surface area contributed by atoms with Crippen LogP contribution in [0.5, 0.6) is 0 Å². The Kier molecular flexibility index (Phi) is 4.02. The second-order valence-corrected chi connectivity index (χ2v) is 5.18. The van der Waals surface area contributed by atoms with Crippen molar-refractivity contribution in [1.82, 2.24) is 4.98 Å². The van der Waals surface area contributed by atoms with Gasteiger partial charge in [0, 0.05) is 23.0 Å². The molecule has 0 amide bonds. The van der Waals surface area contributed by atoms with Crippen molar-refractivity contribution in [3.8, 4) is 11.1 Å². The average molecular weight is 294 g/mol. The first-order valence-electron chi connectivity index (χ1n) is 5.76. The number of aromatic amines is 1. The van der Waals surface area contributed by atoms with Gasteiger partial charge in [0.25, 0.3) is 0 Å². The molecule has 1 atom stereocenters. The summed E-state index contributed by atoms with van der Waals surface area (Å²) >= 11 is 3.43. The van der Waals surface area contributed by atoms with Crippen molar-refractivity contribution < 1.29 is 5.11 Å². The molecule has 2 rings (SSSR count). The van der Waals surface area contributed by atoms with Crippen LogP contribution < -0.4 is 0 Å². The van der Waals surface area contributed by atoms with Gasteiger partial charge in [0.2, 0.25) is 0 Å². The highest BCUT2D eigenvalue weighted by Gasteiger charge is 2.08. The van der Waals surface area contributed by atoms with Gasteiger partial charge in [0.15, 0.2) is 0 Å². The number of nitrogens with one attached hydrogen (secondary N) is 1. The van der Waals surface area contributed by atoms with Gasteiger partial charge in [0.05, 0.1) is 0 Å². The first-order chi connectivity index (χ1) is 8.20. The van der Waals surface area contributed by atoms with Gasteiger partial charge in [0.1, 0.15) is 0 Å². The molecule has 90 valence electrons. The van der Waals surface area contributed by atoms with Crippen LogP contribution >= 0.6 is 15.9 Å². The zero-order valence-electron chi connectivity index (χ0n) is 9.78. The van der Waals surface area contributed by atoms with E-state index in [1.54, 1.807) is 0 Å². The highest BCUT2D eigenvalue weighted by atomic mass is 79.9. The van der Waals surface area contributed by atoms with Gasteiger partial charge in [-0.1, -0.05) is 35.0 Å². The van der Waals surface area contributed by atoms with Crippen molar-refractivity contribution >= 4 is 15.9 Å². The van der Waals surface area contributed by atoms with Crippen LogP contribution in [-0.4, -0.2) is 16.7 Å². The SMILES string of the molecule is CC(CCO)c1cc(-c2ccc(Br)cc2)c[nH]1. The zero-order chi connectivity index (χ0) is 12.3. The number of halogens is 1. The van der Waals surface area contributed by atoms with E-state index in [-0.39, 0.29) is 6.61 Å². The number of aromatic nitrogens is 1. The highest BCUT2D eigenvalue weighted by Crippen LogP contribution is 2.26. The van der Waals surface area contributed by atoms with Crippen LogP contribution in [0.3, 0.4) is 0 Å². The van der Waals surface area contributed by atoms with E-state index >= 15 is 0 Å². The number of benzene rings is 1. The molecule has 1 aromatic carbocycles. The lowest BCUT2D eigenvalue weighted by Crippen LogP contribution is -1.96. The molecule has 0 bridgehead atoms. The maximum absolute atomic E-state index is 8.93. The van der Waals surface area contributed by atoms with E-state index in [0.717, 1.165) is 10.9 Å². The van der Waals surface area contributed by atoms with Crippen molar-refractivity contribution in [2.45, 2.75) is 19.3 Å². The van der Waals surface area contributed by atoms with Crippen LogP contribution in [0.1, 0.15) is 25.0 Å². The van der Waals surface area contributed by atoms with E-state index in [1.807, 2.05) is 18.3 Å². The average Bonchev–Trinajstić information content (AvgIpc) is 2.80. The van der Waals surface area contributed by atoms with Gasteiger partial charge in [-0.2, -0.15) is 0 Å². The number of H-pyrrole nitrogens is 1. The van der Waals surface area contributed by atoms with Gasteiger partial charge in [-0.3, -0.25) is 0 Å². The smallest absolute Gasteiger partial charge is 0.0437 e. The lowest BCUT2D eigenvalue weighted by molar-refractivity contribution is 0.278. The molecule has 0 fully saturated rings. The third kappa shape index (κ3) is 2.99. The zero-order valence-corrected chi connectivity index (χ0v) is 11.4. The summed E-state index contributed by atoms with van der Waals surface area (Å²) in [6.45, 7) is 2.35. The number of rotatable bonds is 4. The molecule has 0 spiro atoms. The standard InChI is InChI=1S/C14H16BrNO/c1-10(6-7-17)14-8-12(9-16-14)11-2-4-13(15)5-3-11/h2-5,8-10,16-17H,6-7H2,1H3. The quantitative estimate of drug-likeness (QED) is 0.880. The Labute approximate surface area is 110 Å². The first-order valence-corrected chi connectivity index (χ1v) is 6.55. The summed E-state index contributed by atoms with van der Waals surface area (Å²) in [6.07, 6.45) is 2.81. The van der Waals surface area contributed by atoms with Gasteiger partial charge >= 0.3 is 0 Å². The maximum Gasteiger partial charge on any atom is 0.0437 e. The Bertz CT molecular complexity index is 475. The largest absolute Gasteiger partial charge is 0.396 e. The first kappa shape index (κ1) is 12.4. The molecule has 0 aliphatic heterocycles. The second kappa shape index (κ2) is 5.52. The van der Waals surface area contributed by atoms with E-state index in [9.17, 15) is 0 Å². The molecule has 0 saturated heterocycles. The second-order valence-electron chi connectivity index (χ2n) is 4.26. The molecule has 17 heavy (non-hydrogen) atoms. The van der Waals surface area contributed by atoms with Gasteiger partial charge in [-0.25, -0.2) is 0 Å². The molecule has 3 heteroatoms. The summed E-state index contributed by atoms with van der Waals surface area (Å²) in [6, 6.07) is 10.4. The van der Waals surface area contributed by atoms with Gasteiger partial charge < -0.3 is 10.1 Å². The molecule has 0 saturated carbocycles. The Balaban J connectivity index is 2.20. The summed E-state index contributed by atoms with van der Waals surface area (Å²) < 4.78 is 1.09. The maximum atomic E-state index is 8.93. The Morgan fingerprint density at radius 3 is 2.59 bits per heavy atom. The van der Waals surface area contributed by atoms with Crippen LogP contribution in [-0.2, 0) is 0 Å². The van der Waals surface area contributed by atoms with E-state index < -0.39 is 0 Å². The number of aliphatic hydroxyl groups is 1. The summed E-state index contributed by atoms with van der Waals surface area (Å²) in [5.74, 6) is 0.365. The molecule has 0 radical (unpaired) electrons. The minimum absolute atomic E-state index is 0.230. The normalized spacial score (nSPS) is 12.6. The lowest BCUT2D eigenvalue weighted by atomic mass is 10.0. The van der Waals surface area contributed by atoms with Crippen molar-refractivity contribution in [1.29, 1.82) is 0 Å². The molecule has 2 N–H and O–H groups in total. The van der Waals surface area contributed by atoms with E-state index in [0.29, 0.717) is 5.92 Å². The van der Waals surface area contributed by atoms with Gasteiger partial charge in [-0.15, -0.1) is 0 Å². The fraction of sp³-hybridized carbons (Fsp3) is 0.286. The Hall–Kier alpha value is -1.06. The predicted molar refractivity (Wildman–Crippen MR) is 74.0 cm³/mol. The van der Waals surface area contributed by atoms with Crippen LogP contribution in [0.25, 0.3) is 11.1 Å². The molecule has 2 aromatic rings. The van der Waals surface area contributed by atoms with Crippen LogP contribution in [0.15, 0.2) is 41.0 Å². The van der Waals surface area contributed by atoms with Crippen molar-refractivity contribution in [2.24, 2.45) is 0 Å². The van der Waals surface area contributed by atoms with Crippen LogP contribution in [0, 0.1) is 0 Å². The Morgan fingerprint density at radius 2 is 1.94 bits per heavy atom. The topological polar surface area (TPSA) is 36.0 Å². The molecule has 1 aromatic heterocycles. The third-order valence-corrected chi connectivity index (χ3v) is 3.50. The highest BCUT2D eigenvalue weighted by molar-refractivity contribution is 9.10. The predicted octanol–water partition coefficient (Wildman–Crippen LogP) is 3.93. The van der Waals surface area contributed by atoms with Gasteiger partial charge in [-0.05, 0) is 41.7 Å². The summed E-state index contributed by atoms with van der Waals surface area (Å²) in [4.78, 5) is 3.28. The van der Waals surface area contributed by atoms with Crippen LogP contribution in [0.4, 0.5) is 0 Å². The molecule has 1 unspecified atom stereocenters. The van der Waals surface area contributed by atoms with E-state index in [1.165, 1.54) is 16.8 Å². The monoisotopic (exact) mass is 293 g/mol. The molecule has 0 aliphatic rings. The minimum Gasteiger partial charge on any atom is -0.396 e. The number of hydrogen-bond donors (Lipinski definition) is 2. The minimum atomic E-state index is 0.230. The third-order valence-electron chi connectivity index (χ3n) is 2.98. The number of hydrogen-bond acceptors (Lipinski definition) is 1. The fourth-order valence-electron chi connectivity index (χ4n) is 1.85. The van der Waals surface area contributed by atoms with E-state index in [2.05, 4.69) is 46.0 Å². The van der Waals surface area contributed by atoms with Crippen molar-refractivity contribution in [3.05, 3.63) is 46.7 Å². The molecule has 0 aliphatic carbocycles. The van der Waals surface area contributed by atoms with Crippen molar-refractivity contribution in [2.75, 3.05) is 6.61 Å². The summed E-state index contributed by atoms with van der Waals surface area (Å²) in [5, 5.41) is 8.93. The molecule has 1 heterocycles. The van der Waals surface area contributed by atoms with Crippen molar-refractivity contribution in [3.63, 3.8) is 0 Å². The van der Waals surface area contributed by atoms with E-state index in [4.69, 9.17) is 5.11 Å². The summed E-state index contributed by atoms with van der Waals surface area (Å²) in [7, 11) is 0. The van der Waals surface area contributed by atoms with Crippen LogP contribution in [0.2, 0.25) is 0 Å². The fourth-order valence-corrected chi connectivity index (χ4v) is 2.12. The number of aliphatic hydroxyl groups excluding tert-OH is 1. The Morgan fingerprint density at radius 1 is 1.24 bits per heavy atom. The molecule has 2 nitrogen and oxygen atoms in total. The summed E-state index contributed by atoms with van der Waals surface area (Å²) in [5.41, 5.74) is 3.57. The lowest BCUT2D eigenvalue weighted by Gasteiger charge is -2.06. The molecular formula is C14H16BrNO.